The van der Waals surface area contributed by atoms with Crippen molar-refractivity contribution in [3.05, 3.63) is 58.6 Å². The van der Waals surface area contributed by atoms with Crippen LogP contribution in [0.1, 0.15) is 31.4 Å². The van der Waals surface area contributed by atoms with Gasteiger partial charge >= 0.3 is 0 Å². The van der Waals surface area contributed by atoms with Crippen molar-refractivity contribution in [2.45, 2.75) is 32.4 Å². The van der Waals surface area contributed by atoms with Crippen molar-refractivity contribution < 1.29 is 14.3 Å². The highest BCUT2D eigenvalue weighted by Crippen LogP contribution is 2.28. The average Bonchev–Trinajstić information content (AvgIpc) is 2.69. The number of rotatable bonds is 12. The molecule has 0 spiro atoms. The molecule has 2 rings (SSSR count). The SMILES string of the molecule is CCOc1ccc(CCNC(=O)CCSCc2ccccc2Cl)cc1OCC. The van der Waals surface area contributed by atoms with Crippen molar-refractivity contribution >= 4 is 29.3 Å². The Morgan fingerprint density at radius 1 is 1.07 bits per heavy atom. The number of ether oxygens (including phenoxy) is 2. The van der Waals surface area contributed by atoms with Gasteiger partial charge < -0.3 is 14.8 Å². The Labute approximate surface area is 177 Å². The number of benzene rings is 2. The van der Waals surface area contributed by atoms with Crippen LogP contribution in [0.2, 0.25) is 5.02 Å². The van der Waals surface area contributed by atoms with Crippen LogP contribution in [0.25, 0.3) is 0 Å². The van der Waals surface area contributed by atoms with Gasteiger partial charge in [-0.3, -0.25) is 4.79 Å². The molecular weight excluding hydrogens is 394 g/mol. The maximum atomic E-state index is 12.0. The first-order valence-corrected chi connectivity index (χ1v) is 11.1. The van der Waals surface area contributed by atoms with Gasteiger partial charge in [-0.15, -0.1) is 0 Å². The molecule has 1 N–H and O–H groups in total. The standard InChI is InChI=1S/C22H28ClNO3S/c1-3-26-20-10-9-17(15-21(20)27-4-2)11-13-24-22(25)12-14-28-16-18-7-5-6-8-19(18)23/h5-10,15H,3-4,11-14,16H2,1-2H3,(H,24,25). The van der Waals surface area contributed by atoms with Gasteiger partial charge in [0, 0.05) is 29.5 Å². The summed E-state index contributed by atoms with van der Waals surface area (Å²) in [7, 11) is 0. The number of carbonyl (C=O) groups is 1. The molecule has 0 atom stereocenters. The Bertz CT molecular complexity index is 754. The molecule has 0 saturated heterocycles. The van der Waals surface area contributed by atoms with Gasteiger partial charge in [0.05, 0.1) is 13.2 Å². The molecule has 0 heterocycles. The molecular formula is C22H28ClNO3S. The summed E-state index contributed by atoms with van der Waals surface area (Å²) in [6, 6.07) is 13.7. The summed E-state index contributed by atoms with van der Waals surface area (Å²) in [6.07, 6.45) is 1.26. The summed E-state index contributed by atoms with van der Waals surface area (Å²) in [5.41, 5.74) is 2.22. The molecule has 2 aromatic rings. The smallest absolute Gasteiger partial charge is 0.220 e. The number of carbonyl (C=O) groups excluding carboxylic acids is 1. The molecule has 0 saturated carbocycles. The third-order valence-electron chi connectivity index (χ3n) is 4.03. The Kier molecular flexibility index (Phi) is 10.1. The van der Waals surface area contributed by atoms with Gasteiger partial charge in [0.15, 0.2) is 11.5 Å². The lowest BCUT2D eigenvalue weighted by molar-refractivity contribution is -0.120. The highest BCUT2D eigenvalue weighted by Gasteiger charge is 2.07. The van der Waals surface area contributed by atoms with Crippen molar-refractivity contribution in [2.24, 2.45) is 0 Å². The Hall–Kier alpha value is -1.85. The molecule has 0 unspecified atom stereocenters. The van der Waals surface area contributed by atoms with E-state index in [2.05, 4.69) is 5.32 Å². The molecule has 0 aliphatic rings. The first-order valence-electron chi connectivity index (χ1n) is 9.60. The van der Waals surface area contributed by atoms with Crippen LogP contribution in [0, 0.1) is 0 Å². The molecule has 0 bridgehead atoms. The molecule has 2 aromatic carbocycles. The van der Waals surface area contributed by atoms with Crippen LogP contribution in [0.5, 0.6) is 11.5 Å². The first kappa shape index (κ1) is 22.4. The summed E-state index contributed by atoms with van der Waals surface area (Å²) in [4.78, 5) is 12.0. The van der Waals surface area contributed by atoms with Crippen molar-refractivity contribution in [1.29, 1.82) is 0 Å². The fraction of sp³-hybridized carbons (Fsp3) is 0.409. The van der Waals surface area contributed by atoms with Crippen LogP contribution in [-0.4, -0.2) is 31.4 Å². The van der Waals surface area contributed by atoms with E-state index < -0.39 is 0 Å². The second-order valence-corrected chi connectivity index (χ2v) is 7.65. The maximum Gasteiger partial charge on any atom is 0.220 e. The number of thioether (sulfide) groups is 1. The zero-order valence-corrected chi connectivity index (χ0v) is 18.1. The van der Waals surface area contributed by atoms with E-state index in [1.165, 1.54) is 0 Å². The van der Waals surface area contributed by atoms with Crippen LogP contribution in [0.15, 0.2) is 42.5 Å². The highest BCUT2D eigenvalue weighted by atomic mass is 35.5. The van der Waals surface area contributed by atoms with Gasteiger partial charge in [0.1, 0.15) is 0 Å². The topological polar surface area (TPSA) is 47.6 Å². The lowest BCUT2D eigenvalue weighted by Gasteiger charge is -2.12. The predicted octanol–water partition coefficient (Wildman–Crippen LogP) is 5.12. The van der Waals surface area contributed by atoms with Crippen LogP contribution in [0.3, 0.4) is 0 Å². The van der Waals surface area contributed by atoms with Gasteiger partial charge in [-0.2, -0.15) is 11.8 Å². The Morgan fingerprint density at radius 3 is 2.57 bits per heavy atom. The second-order valence-electron chi connectivity index (χ2n) is 6.14. The lowest BCUT2D eigenvalue weighted by Crippen LogP contribution is -2.25. The van der Waals surface area contributed by atoms with Crippen molar-refractivity contribution in [2.75, 3.05) is 25.5 Å². The summed E-state index contributed by atoms with van der Waals surface area (Å²) in [5, 5.41) is 3.76. The molecule has 4 nitrogen and oxygen atoms in total. The summed E-state index contributed by atoms with van der Waals surface area (Å²) >= 11 is 7.86. The fourth-order valence-corrected chi connectivity index (χ4v) is 3.88. The quantitative estimate of drug-likeness (QED) is 0.483. The van der Waals surface area contributed by atoms with E-state index in [1.807, 2.05) is 56.3 Å². The van der Waals surface area contributed by atoms with Crippen LogP contribution in [-0.2, 0) is 17.0 Å². The van der Waals surface area contributed by atoms with Gasteiger partial charge in [0.2, 0.25) is 5.91 Å². The first-order chi connectivity index (χ1) is 13.6. The average molecular weight is 422 g/mol. The maximum absolute atomic E-state index is 12.0. The van der Waals surface area contributed by atoms with Gasteiger partial charge in [0.25, 0.3) is 0 Å². The van der Waals surface area contributed by atoms with E-state index in [0.717, 1.165) is 45.6 Å². The minimum Gasteiger partial charge on any atom is -0.490 e. The van der Waals surface area contributed by atoms with Crippen molar-refractivity contribution in [3.8, 4) is 11.5 Å². The van der Waals surface area contributed by atoms with E-state index in [1.54, 1.807) is 11.8 Å². The minimum absolute atomic E-state index is 0.0719. The number of amides is 1. The van der Waals surface area contributed by atoms with E-state index in [9.17, 15) is 4.79 Å². The van der Waals surface area contributed by atoms with E-state index in [0.29, 0.717) is 26.2 Å². The molecule has 0 aliphatic carbocycles. The van der Waals surface area contributed by atoms with Crippen LogP contribution >= 0.6 is 23.4 Å². The molecule has 0 aliphatic heterocycles. The highest BCUT2D eigenvalue weighted by molar-refractivity contribution is 7.98. The molecule has 152 valence electrons. The summed E-state index contributed by atoms with van der Waals surface area (Å²) in [6.45, 7) is 5.70. The number of hydrogen-bond donors (Lipinski definition) is 1. The van der Waals surface area contributed by atoms with Crippen molar-refractivity contribution in [3.63, 3.8) is 0 Å². The van der Waals surface area contributed by atoms with E-state index in [-0.39, 0.29) is 5.91 Å². The Morgan fingerprint density at radius 2 is 1.82 bits per heavy atom. The third kappa shape index (κ3) is 7.64. The fourth-order valence-electron chi connectivity index (χ4n) is 2.65. The lowest BCUT2D eigenvalue weighted by atomic mass is 10.1. The zero-order chi connectivity index (χ0) is 20.2. The second kappa shape index (κ2) is 12.6. The largest absolute Gasteiger partial charge is 0.490 e. The summed E-state index contributed by atoms with van der Waals surface area (Å²) < 4.78 is 11.2. The molecule has 0 aromatic heterocycles. The molecule has 6 heteroatoms. The summed E-state index contributed by atoms with van der Waals surface area (Å²) in [5.74, 6) is 3.17. The minimum atomic E-state index is 0.0719. The van der Waals surface area contributed by atoms with Gasteiger partial charge in [-0.25, -0.2) is 0 Å². The monoisotopic (exact) mass is 421 g/mol. The Balaban J connectivity index is 1.69. The zero-order valence-electron chi connectivity index (χ0n) is 16.5. The van der Waals surface area contributed by atoms with Crippen LogP contribution in [0.4, 0.5) is 0 Å². The van der Waals surface area contributed by atoms with E-state index >= 15 is 0 Å². The molecule has 0 radical (unpaired) electrons. The number of nitrogens with one attached hydrogen (secondary N) is 1. The molecule has 1 amide bonds. The molecule has 0 fully saturated rings. The van der Waals surface area contributed by atoms with E-state index in [4.69, 9.17) is 21.1 Å². The van der Waals surface area contributed by atoms with Crippen molar-refractivity contribution in [1.82, 2.24) is 5.32 Å². The van der Waals surface area contributed by atoms with Gasteiger partial charge in [-0.1, -0.05) is 35.9 Å². The normalized spacial score (nSPS) is 10.5. The van der Waals surface area contributed by atoms with Crippen LogP contribution < -0.4 is 14.8 Å². The number of hydrogen-bond acceptors (Lipinski definition) is 4. The number of halogens is 1. The predicted molar refractivity (Wildman–Crippen MR) is 118 cm³/mol. The molecule has 28 heavy (non-hydrogen) atoms. The van der Waals surface area contributed by atoms with Gasteiger partial charge in [-0.05, 0) is 49.6 Å². The third-order valence-corrected chi connectivity index (χ3v) is 5.41.